The van der Waals surface area contributed by atoms with E-state index in [1.54, 1.807) is 24.3 Å². The highest BCUT2D eigenvalue weighted by Crippen LogP contribution is 2.48. The van der Waals surface area contributed by atoms with Gasteiger partial charge in [-0.25, -0.2) is 4.79 Å². The van der Waals surface area contributed by atoms with Crippen LogP contribution < -0.4 is 0 Å². The number of carbonyl (C=O) groups excluding carboxylic acids is 2. The summed E-state index contributed by atoms with van der Waals surface area (Å²) in [4.78, 5) is 36.8. The van der Waals surface area contributed by atoms with Gasteiger partial charge < -0.3 is 4.74 Å². The number of ether oxygens (including phenoxy) is 1. The Morgan fingerprint density at radius 2 is 1.68 bits per heavy atom. The molecule has 2 unspecified atom stereocenters. The van der Waals surface area contributed by atoms with Crippen LogP contribution in [-0.4, -0.2) is 30.3 Å². The van der Waals surface area contributed by atoms with E-state index >= 15 is 0 Å². The van der Waals surface area contributed by atoms with Crippen LogP contribution in [0.2, 0.25) is 0 Å². The van der Waals surface area contributed by atoms with Crippen LogP contribution in [0.4, 0.5) is 0 Å². The quantitative estimate of drug-likeness (QED) is 0.326. The summed E-state index contributed by atoms with van der Waals surface area (Å²) >= 11 is 0. The van der Waals surface area contributed by atoms with E-state index in [1.165, 1.54) is 18.2 Å². The van der Waals surface area contributed by atoms with Crippen molar-refractivity contribution in [2.75, 3.05) is 13.7 Å². The Kier molecular flexibility index (Phi) is 6.13. The monoisotopic (exact) mass is 463 g/mol. The van der Waals surface area contributed by atoms with Crippen LogP contribution in [0.3, 0.4) is 0 Å². The van der Waals surface area contributed by atoms with Crippen molar-refractivity contribution in [3.8, 4) is 0 Å². The maximum atomic E-state index is 13.8. The van der Waals surface area contributed by atoms with Crippen molar-refractivity contribution in [3.05, 3.63) is 79.9 Å². The molecule has 34 heavy (non-hydrogen) atoms. The summed E-state index contributed by atoms with van der Waals surface area (Å²) < 4.78 is 4.75. The van der Waals surface area contributed by atoms with Gasteiger partial charge in [0, 0.05) is 16.4 Å². The molecule has 0 aliphatic heterocycles. The predicted octanol–water partition coefficient (Wildman–Crippen LogP) is 5.63. The summed E-state index contributed by atoms with van der Waals surface area (Å²) in [7, 11) is 1.31. The molecule has 0 radical (unpaired) electrons. The third-order valence-corrected chi connectivity index (χ3v) is 7.99. The fraction of sp³-hybridized carbons (Fsp3) is 0.500. The zero-order valence-corrected chi connectivity index (χ0v) is 20.6. The lowest BCUT2D eigenvalue weighted by Gasteiger charge is -2.43. The molecule has 0 amide bonds. The van der Waals surface area contributed by atoms with Crippen molar-refractivity contribution < 1.29 is 19.2 Å². The number of aryl methyl sites for hydroxylation is 1. The second-order valence-electron chi connectivity index (χ2n) is 11.1. The normalized spacial score (nSPS) is 21.2. The van der Waals surface area contributed by atoms with E-state index in [2.05, 4.69) is 39.8 Å². The van der Waals surface area contributed by atoms with E-state index in [9.17, 15) is 19.7 Å². The number of carbonyl (C=O) groups is 2. The van der Waals surface area contributed by atoms with Gasteiger partial charge in [0.25, 0.3) is 0 Å². The SMILES string of the molecule is COC(=O)c1ccc(C(C[N+](=O)[O-])C2CCc3cc4c(cc3C2=O)C(C)(C)CCC4(C)C)cc1. The van der Waals surface area contributed by atoms with Gasteiger partial charge in [-0.2, -0.15) is 0 Å². The lowest BCUT2D eigenvalue weighted by molar-refractivity contribution is -0.484. The number of hydrogen-bond donors (Lipinski definition) is 0. The standard InChI is InChI=1S/C28H33NO5/c1-27(2)12-13-28(3,4)24-15-21-19(14-23(24)27)10-11-20(25(21)30)22(16-29(32)33)17-6-8-18(9-7-17)26(31)34-5/h6-9,14-15,20,22H,10-13,16H2,1-5H3. The Morgan fingerprint density at radius 1 is 1.09 bits per heavy atom. The Labute approximate surface area is 200 Å². The van der Waals surface area contributed by atoms with E-state index in [1.807, 2.05) is 0 Å². The third-order valence-electron chi connectivity index (χ3n) is 7.99. The van der Waals surface area contributed by atoms with Crippen molar-refractivity contribution in [3.63, 3.8) is 0 Å². The highest BCUT2D eigenvalue weighted by Gasteiger charge is 2.41. The Hall–Kier alpha value is -3.02. The van der Waals surface area contributed by atoms with Crippen LogP contribution in [0.15, 0.2) is 36.4 Å². The molecule has 2 aliphatic rings. The lowest BCUT2D eigenvalue weighted by Crippen LogP contribution is -2.36. The van der Waals surface area contributed by atoms with Gasteiger partial charge in [0.15, 0.2) is 5.78 Å². The van der Waals surface area contributed by atoms with Crippen LogP contribution in [-0.2, 0) is 22.0 Å². The van der Waals surface area contributed by atoms with Crippen molar-refractivity contribution in [1.29, 1.82) is 0 Å². The average Bonchev–Trinajstić information content (AvgIpc) is 2.80. The van der Waals surface area contributed by atoms with E-state index in [-0.39, 0.29) is 28.1 Å². The highest BCUT2D eigenvalue weighted by molar-refractivity contribution is 6.01. The number of hydrogen-bond acceptors (Lipinski definition) is 5. The molecule has 0 bridgehead atoms. The van der Waals surface area contributed by atoms with Crippen LogP contribution in [0, 0.1) is 16.0 Å². The first kappa shape index (κ1) is 24.1. The van der Waals surface area contributed by atoms with Crippen molar-refractivity contribution in [2.45, 2.75) is 70.1 Å². The summed E-state index contributed by atoms with van der Waals surface area (Å²) in [5.74, 6) is -1.50. The van der Waals surface area contributed by atoms with Gasteiger partial charge in [-0.15, -0.1) is 0 Å². The number of nitro groups is 1. The number of rotatable bonds is 5. The van der Waals surface area contributed by atoms with Gasteiger partial charge in [0.05, 0.1) is 18.6 Å². The van der Waals surface area contributed by atoms with E-state index < -0.39 is 17.8 Å². The minimum Gasteiger partial charge on any atom is -0.465 e. The van der Waals surface area contributed by atoms with Gasteiger partial charge in [-0.05, 0) is 77.0 Å². The molecule has 0 spiro atoms. The fourth-order valence-corrected chi connectivity index (χ4v) is 5.73. The Balaban J connectivity index is 1.73. The minimum atomic E-state index is -0.553. The fourth-order valence-electron chi connectivity index (χ4n) is 5.73. The number of Topliss-reactive ketones (excluding diaryl/α,β-unsaturated/α-hetero) is 1. The van der Waals surface area contributed by atoms with Gasteiger partial charge >= 0.3 is 5.97 Å². The molecule has 2 aromatic rings. The van der Waals surface area contributed by atoms with Gasteiger partial charge in [0.1, 0.15) is 0 Å². The molecule has 4 rings (SSSR count). The Morgan fingerprint density at radius 3 is 2.24 bits per heavy atom. The topological polar surface area (TPSA) is 86.5 Å². The Bertz CT molecular complexity index is 1150. The number of fused-ring (bicyclic) bond motifs is 2. The second kappa shape index (κ2) is 8.64. The number of methoxy groups -OCH3 is 1. The van der Waals surface area contributed by atoms with E-state index in [4.69, 9.17) is 4.74 Å². The molecule has 0 saturated heterocycles. The van der Waals surface area contributed by atoms with Crippen molar-refractivity contribution in [1.82, 2.24) is 0 Å². The minimum absolute atomic E-state index is 0.00729. The van der Waals surface area contributed by atoms with Crippen LogP contribution in [0.25, 0.3) is 0 Å². The van der Waals surface area contributed by atoms with Crippen LogP contribution in [0.1, 0.15) is 95.8 Å². The van der Waals surface area contributed by atoms with E-state index in [0.29, 0.717) is 17.5 Å². The zero-order valence-electron chi connectivity index (χ0n) is 20.6. The largest absolute Gasteiger partial charge is 0.465 e. The molecule has 2 aromatic carbocycles. The summed E-state index contributed by atoms with van der Waals surface area (Å²) in [6, 6.07) is 11.0. The first-order chi connectivity index (χ1) is 15.9. The molecule has 2 atom stereocenters. The third kappa shape index (κ3) is 4.26. The molecular weight excluding hydrogens is 430 g/mol. The molecule has 2 aliphatic carbocycles. The van der Waals surface area contributed by atoms with Crippen molar-refractivity contribution in [2.24, 2.45) is 5.92 Å². The summed E-state index contributed by atoms with van der Waals surface area (Å²) in [5, 5.41) is 11.6. The summed E-state index contributed by atoms with van der Waals surface area (Å²) in [6.45, 7) is 8.68. The molecule has 0 fully saturated rings. The molecule has 0 saturated carbocycles. The molecule has 180 valence electrons. The molecule has 0 N–H and O–H groups in total. The average molecular weight is 464 g/mol. The molecule has 6 nitrogen and oxygen atoms in total. The highest BCUT2D eigenvalue weighted by atomic mass is 16.6. The predicted molar refractivity (Wildman–Crippen MR) is 130 cm³/mol. The van der Waals surface area contributed by atoms with Crippen LogP contribution in [0.5, 0.6) is 0 Å². The molecule has 0 aromatic heterocycles. The van der Waals surface area contributed by atoms with Gasteiger partial charge in [-0.3, -0.25) is 14.9 Å². The number of benzene rings is 2. The van der Waals surface area contributed by atoms with Crippen molar-refractivity contribution >= 4 is 11.8 Å². The summed E-state index contributed by atoms with van der Waals surface area (Å²) in [6.07, 6.45) is 3.46. The maximum Gasteiger partial charge on any atom is 0.337 e. The van der Waals surface area contributed by atoms with Crippen LogP contribution >= 0.6 is 0 Å². The first-order valence-electron chi connectivity index (χ1n) is 12.0. The first-order valence-corrected chi connectivity index (χ1v) is 12.0. The van der Waals surface area contributed by atoms with Gasteiger partial charge in [-0.1, -0.05) is 45.9 Å². The second-order valence-corrected chi connectivity index (χ2v) is 11.1. The molecule has 6 heteroatoms. The lowest BCUT2D eigenvalue weighted by atomic mass is 9.61. The zero-order chi connectivity index (χ0) is 24.8. The smallest absolute Gasteiger partial charge is 0.337 e. The number of nitrogens with zero attached hydrogens (tertiary/aromatic N) is 1. The molecule has 0 heterocycles. The van der Waals surface area contributed by atoms with E-state index in [0.717, 1.165) is 30.4 Å². The number of esters is 1. The number of ketones is 1. The maximum absolute atomic E-state index is 13.8. The molecular formula is C28H33NO5. The summed E-state index contributed by atoms with van der Waals surface area (Å²) in [5.41, 5.74) is 5.46. The van der Waals surface area contributed by atoms with Gasteiger partial charge in [0.2, 0.25) is 6.54 Å².